The van der Waals surface area contributed by atoms with Crippen molar-refractivity contribution in [2.24, 2.45) is 5.92 Å². The molecule has 3 aliphatic rings. The van der Waals surface area contributed by atoms with Crippen LogP contribution in [0.5, 0.6) is 0 Å². The van der Waals surface area contributed by atoms with Gasteiger partial charge in [-0.05, 0) is 54.6 Å². The molecule has 0 aliphatic carbocycles. The Morgan fingerprint density at radius 1 is 1.08 bits per heavy atom. The largest absolute Gasteiger partial charge is 0.432 e. The number of hydrogen-bond donors (Lipinski definition) is 3. The van der Waals surface area contributed by atoms with Crippen LogP contribution < -0.4 is 15.1 Å². The number of fused-ring (bicyclic) bond motifs is 2. The molecule has 2 saturated heterocycles. The van der Waals surface area contributed by atoms with E-state index < -0.39 is 31.5 Å². The first-order valence-electron chi connectivity index (χ1n) is 16.5. The van der Waals surface area contributed by atoms with Crippen molar-refractivity contribution < 1.29 is 29.0 Å². The zero-order valence-electron chi connectivity index (χ0n) is 27.6. The highest BCUT2D eigenvalue weighted by Gasteiger charge is 2.66. The standard InChI is InChI=1S/C36H43BrN4O6Si/c1-24-34(48(2,3)46)31(20-32(43)39(16-17-42)22-25-8-5-4-6-9-25)47-36(24)29-19-27(37)12-13-30(29)41(35(36)45)23-26-10-7-11-28(18-26)40-15-14-38-21-33(40)44/h4-13,18-19,24,31,34,38,42,46H,14-17,20-23H2,1-3H3/t24-,31+,34-,36+/m1/s1. The monoisotopic (exact) mass is 734 g/mol. The van der Waals surface area contributed by atoms with Crippen molar-refractivity contribution in [1.82, 2.24) is 10.2 Å². The van der Waals surface area contributed by atoms with Crippen LogP contribution in [-0.2, 0) is 37.8 Å². The number of aliphatic hydroxyl groups is 1. The van der Waals surface area contributed by atoms with Gasteiger partial charge in [-0.3, -0.25) is 14.4 Å². The van der Waals surface area contributed by atoms with Gasteiger partial charge < -0.3 is 34.7 Å². The summed E-state index contributed by atoms with van der Waals surface area (Å²) in [6, 6.07) is 23.0. The van der Waals surface area contributed by atoms with Crippen LogP contribution in [0.4, 0.5) is 11.4 Å². The van der Waals surface area contributed by atoms with E-state index in [1.165, 1.54) is 0 Å². The second-order valence-electron chi connectivity index (χ2n) is 13.5. The zero-order chi connectivity index (χ0) is 34.2. The fourth-order valence-electron chi connectivity index (χ4n) is 7.81. The van der Waals surface area contributed by atoms with Gasteiger partial charge in [0.25, 0.3) is 5.91 Å². The number of nitrogens with one attached hydrogen (secondary N) is 1. The van der Waals surface area contributed by atoms with E-state index in [1.54, 1.807) is 14.7 Å². The molecule has 0 aromatic heterocycles. The lowest BCUT2D eigenvalue weighted by Gasteiger charge is -2.32. The summed E-state index contributed by atoms with van der Waals surface area (Å²) in [7, 11) is -3.00. The summed E-state index contributed by atoms with van der Waals surface area (Å²) in [6.45, 7) is 7.76. The highest BCUT2D eigenvalue weighted by molar-refractivity contribution is 9.10. The molecule has 3 aromatic rings. The number of carbonyl (C=O) groups is 3. The minimum atomic E-state index is -3.00. The zero-order valence-corrected chi connectivity index (χ0v) is 30.2. The van der Waals surface area contributed by atoms with Crippen molar-refractivity contribution in [2.75, 3.05) is 42.6 Å². The molecular weight excluding hydrogens is 692 g/mol. The van der Waals surface area contributed by atoms with Crippen molar-refractivity contribution in [3.63, 3.8) is 0 Å². The van der Waals surface area contributed by atoms with Crippen LogP contribution in [0.25, 0.3) is 0 Å². The first-order chi connectivity index (χ1) is 22.9. The molecule has 48 heavy (non-hydrogen) atoms. The summed E-state index contributed by atoms with van der Waals surface area (Å²) in [5.74, 6) is -0.873. The highest BCUT2D eigenvalue weighted by Crippen LogP contribution is 2.60. The van der Waals surface area contributed by atoms with Crippen molar-refractivity contribution in [3.8, 4) is 0 Å². The van der Waals surface area contributed by atoms with Gasteiger partial charge in [-0.25, -0.2) is 0 Å². The van der Waals surface area contributed by atoms with Gasteiger partial charge in [0, 0.05) is 53.4 Å². The van der Waals surface area contributed by atoms with E-state index in [4.69, 9.17) is 4.74 Å². The van der Waals surface area contributed by atoms with Crippen LogP contribution in [-0.4, -0.2) is 79.7 Å². The first-order valence-corrected chi connectivity index (χ1v) is 20.3. The molecule has 0 saturated carbocycles. The Hall–Kier alpha value is -3.39. The second kappa shape index (κ2) is 13.8. The maximum Gasteiger partial charge on any atom is 0.264 e. The lowest BCUT2D eigenvalue weighted by atomic mass is 9.82. The minimum Gasteiger partial charge on any atom is -0.432 e. The number of ether oxygens (including phenoxy) is 1. The number of hydrogen-bond acceptors (Lipinski definition) is 7. The molecule has 3 N–H and O–H groups in total. The molecule has 0 radical (unpaired) electrons. The van der Waals surface area contributed by atoms with Crippen LogP contribution in [0.3, 0.4) is 0 Å². The average molecular weight is 736 g/mol. The van der Waals surface area contributed by atoms with Crippen LogP contribution in [0, 0.1) is 5.92 Å². The molecule has 0 unspecified atom stereocenters. The van der Waals surface area contributed by atoms with E-state index >= 15 is 0 Å². The molecule has 3 aliphatic heterocycles. The summed E-state index contributed by atoms with van der Waals surface area (Å²) in [5.41, 5.74) is 2.18. The molecule has 10 nitrogen and oxygen atoms in total. The molecule has 6 rings (SSSR count). The van der Waals surface area contributed by atoms with Gasteiger partial charge >= 0.3 is 0 Å². The summed E-state index contributed by atoms with van der Waals surface area (Å²) in [6.07, 6.45) is -0.744. The number of anilines is 2. The number of amides is 3. The summed E-state index contributed by atoms with van der Waals surface area (Å²) in [5, 5.41) is 12.9. The van der Waals surface area contributed by atoms with Crippen molar-refractivity contribution >= 4 is 53.3 Å². The average Bonchev–Trinajstić information content (AvgIpc) is 3.47. The molecule has 12 heteroatoms. The SMILES string of the molecule is C[C@@H]1[C@@H]([Si](C)(C)O)[C@H](CC(=O)N(CCO)Cc2ccccc2)O[C@@]12C(=O)N(Cc1cccc(N3CCNCC3=O)c1)c1ccc(Br)cc12. The number of nitrogens with zero attached hydrogens (tertiary/aromatic N) is 3. The highest BCUT2D eigenvalue weighted by atomic mass is 79.9. The summed E-state index contributed by atoms with van der Waals surface area (Å²) < 4.78 is 7.69. The Labute approximate surface area is 290 Å². The van der Waals surface area contributed by atoms with E-state index in [0.717, 1.165) is 21.3 Å². The maximum absolute atomic E-state index is 14.9. The normalized spacial score (nSPS) is 24.0. The van der Waals surface area contributed by atoms with E-state index in [0.29, 0.717) is 30.9 Å². The Balaban J connectivity index is 1.33. The molecule has 1 spiro atoms. The number of benzene rings is 3. The lowest BCUT2D eigenvalue weighted by molar-refractivity contribution is -0.150. The third kappa shape index (κ3) is 6.49. The van der Waals surface area contributed by atoms with Crippen LogP contribution in [0.15, 0.2) is 77.3 Å². The fourth-order valence-corrected chi connectivity index (χ4v) is 10.7. The Kier molecular flexibility index (Phi) is 9.94. The van der Waals surface area contributed by atoms with E-state index in [-0.39, 0.29) is 50.4 Å². The summed E-state index contributed by atoms with van der Waals surface area (Å²) in [4.78, 5) is 58.1. The van der Waals surface area contributed by atoms with Crippen LogP contribution >= 0.6 is 15.9 Å². The smallest absolute Gasteiger partial charge is 0.264 e. The number of carbonyl (C=O) groups excluding carboxylic acids is 3. The Morgan fingerprint density at radius 2 is 1.83 bits per heavy atom. The third-order valence-electron chi connectivity index (χ3n) is 9.91. The molecule has 0 bridgehead atoms. The van der Waals surface area contributed by atoms with Gasteiger partial charge in [0.2, 0.25) is 11.8 Å². The van der Waals surface area contributed by atoms with E-state index in [1.807, 2.05) is 92.8 Å². The molecule has 3 heterocycles. The van der Waals surface area contributed by atoms with Gasteiger partial charge in [-0.1, -0.05) is 65.3 Å². The molecule has 254 valence electrons. The quantitative estimate of drug-likeness (QED) is 0.268. The molecule has 3 aromatic carbocycles. The van der Waals surface area contributed by atoms with Gasteiger partial charge in [0.1, 0.15) is 0 Å². The number of halogens is 1. The van der Waals surface area contributed by atoms with Crippen LogP contribution in [0.2, 0.25) is 18.6 Å². The van der Waals surface area contributed by atoms with Crippen molar-refractivity contribution in [1.29, 1.82) is 0 Å². The van der Waals surface area contributed by atoms with Crippen molar-refractivity contribution in [2.45, 2.75) is 56.8 Å². The summed E-state index contributed by atoms with van der Waals surface area (Å²) >= 11 is 3.61. The van der Waals surface area contributed by atoms with E-state index in [9.17, 15) is 24.3 Å². The predicted octanol–water partition coefficient (Wildman–Crippen LogP) is 4.14. The fraction of sp³-hybridized carbons (Fsp3) is 0.417. The number of aliphatic hydroxyl groups excluding tert-OH is 1. The Morgan fingerprint density at radius 3 is 2.54 bits per heavy atom. The molecule has 4 atom stereocenters. The van der Waals surface area contributed by atoms with Crippen molar-refractivity contribution in [3.05, 3.63) is 94.0 Å². The first kappa shape index (κ1) is 34.5. The molecular formula is C36H43BrN4O6Si. The van der Waals surface area contributed by atoms with Crippen LogP contribution in [0.1, 0.15) is 30.0 Å². The Bertz CT molecular complexity index is 1690. The van der Waals surface area contributed by atoms with E-state index in [2.05, 4.69) is 21.2 Å². The second-order valence-corrected chi connectivity index (χ2v) is 18.4. The maximum atomic E-state index is 14.9. The van der Waals surface area contributed by atoms with Gasteiger partial charge in [-0.15, -0.1) is 0 Å². The number of piperazine rings is 1. The topological polar surface area (TPSA) is 123 Å². The molecule has 2 fully saturated rings. The van der Waals surface area contributed by atoms with Gasteiger partial charge in [-0.2, -0.15) is 0 Å². The predicted molar refractivity (Wildman–Crippen MR) is 190 cm³/mol. The number of rotatable bonds is 10. The minimum absolute atomic E-state index is 0.00159. The van der Waals surface area contributed by atoms with Gasteiger partial charge in [0.15, 0.2) is 13.9 Å². The third-order valence-corrected chi connectivity index (χ3v) is 12.9. The van der Waals surface area contributed by atoms with Gasteiger partial charge in [0.05, 0.1) is 37.9 Å². The lowest BCUT2D eigenvalue weighted by Crippen LogP contribution is -2.48. The molecule has 3 amide bonds.